The molecule has 1 saturated heterocycles. The second-order valence-electron chi connectivity index (χ2n) is 6.62. The molecule has 2 aliphatic rings. The van der Waals surface area contributed by atoms with Crippen molar-refractivity contribution in [3.63, 3.8) is 0 Å². The van der Waals surface area contributed by atoms with Crippen LogP contribution in [-0.2, 0) is 13.0 Å². The van der Waals surface area contributed by atoms with E-state index in [1.54, 1.807) is 6.33 Å². The zero-order valence-corrected chi connectivity index (χ0v) is 12.9. The number of aromatic nitrogens is 2. The summed E-state index contributed by atoms with van der Waals surface area (Å²) in [4.78, 5) is 13.2. The first kappa shape index (κ1) is 14.9. The molecule has 1 atom stereocenters. The van der Waals surface area contributed by atoms with Crippen LogP contribution in [0.4, 0.5) is 0 Å². The molecule has 0 radical (unpaired) electrons. The summed E-state index contributed by atoms with van der Waals surface area (Å²) in [7, 11) is 0. The van der Waals surface area contributed by atoms with Gasteiger partial charge in [-0.25, -0.2) is 9.97 Å². The fraction of sp³-hybridized carbons (Fsp3) is 0.750. The highest BCUT2D eigenvalue weighted by Gasteiger charge is 2.22. The van der Waals surface area contributed by atoms with Crippen molar-refractivity contribution in [3.05, 3.63) is 23.8 Å². The summed E-state index contributed by atoms with van der Waals surface area (Å²) in [5.41, 5.74) is 2.38. The van der Waals surface area contributed by atoms with Crippen LogP contribution in [0.25, 0.3) is 0 Å². The molecule has 2 aliphatic heterocycles. The Labute approximate surface area is 127 Å². The van der Waals surface area contributed by atoms with Crippen LogP contribution >= 0.6 is 0 Å². The van der Waals surface area contributed by atoms with E-state index >= 15 is 0 Å². The number of nitrogens with zero attached hydrogens (tertiary/aromatic N) is 4. The number of aliphatic hydroxyl groups is 1. The zero-order valence-electron chi connectivity index (χ0n) is 12.9. The van der Waals surface area contributed by atoms with Gasteiger partial charge in [-0.15, -0.1) is 0 Å². The molecule has 5 heteroatoms. The van der Waals surface area contributed by atoms with Crippen LogP contribution in [0.15, 0.2) is 12.5 Å². The molecular formula is C16H26N4O. The smallest absolute Gasteiger partial charge is 0.115 e. The molecular weight excluding hydrogens is 264 g/mol. The maximum atomic E-state index is 10.4. The summed E-state index contributed by atoms with van der Waals surface area (Å²) in [5, 5.41) is 10.4. The highest BCUT2D eigenvalue weighted by Crippen LogP contribution is 2.18. The number of likely N-dealkylation sites (tertiary alicyclic amines) is 1. The predicted octanol–water partition coefficient (Wildman–Crippen LogP) is 0.927. The monoisotopic (exact) mass is 290 g/mol. The summed E-state index contributed by atoms with van der Waals surface area (Å²) >= 11 is 0. The third kappa shape index (κ3) is 3.99. The average Bonchev–Trinajstić information content (AvgIpc) is 2.49. The van der Waals surface area contributed by atoms with Gasteiger partial charge in [0.15, 0.2) is 0 Å². The van der Waals surface area contributed by atoms with E-state index in [4.69, 9.17) is 0 Å². The fourth-order valence-corrected chi connectivity index (χ4v) is 3.36. The Kier molecular flexibility index (Phi) is 4.83. The number of hydrogen-bond acceptors (Lipinski definition) is 5. The van der Waals surface area contributed by atoms with Gasteiger partial charge >= 0.3 is 0 Å². The third-order valence-corrected chi connectivity index (χ3v) is 4.77. The van der Waals surface area contributed by atoms with Gasteiger partial charge in [-0.1, -0.05) is 6.92 Å². The van der Waals surface area contributed by atoms with Gasteiger partial charge in [-0.3, -0.25) is 4.90 Å². The normalized spacial score (nSPS) is 23.0. The van der Waals surface area contributed by atoms with Crippen molar-refractivity contribution in [1.82, 2.24) is 19.8 Å². The van der Waals surface area contributed by atoms with Gasteiger partial charge in [0.2, 0.25) is 0 Å². The topological polar surface area (TPSA) is 52.5 Å². The van der Waals surface area contributed by atoms with Gasteiger partial charge in [0.05, 0.1) is 11.8 Å². The quantitative estimate of drug-likeness (QED) is 0.894. The molecule has 1 N–H and O–H groups in total. The summed E-state index contributed by atoms with van der Waals surface area (Å²) in [5.74, 6) is 0.844. The maximum absolute atomic E-state index is 10.4. The molecule has 0 bridgehead atoms. The van der Waals surface area contributed by atoms with Gasteiger partial charge in [-0.2, -0.15) is 0 Å². The molecule has 1 fully saturated rings. The molecule has 0 aliphatic carbocycles. The molecule has 3 rings (SSSR count). The Morgan fingerprint density at radius 3 is 2.81 bits per heavy atom. The van der Waals surface area contributed by atoms with Gasteiger partial charge in [0.25, 0.3) is 0 Å². The number of aliphatic hydroxyl groups excluding tert-OH is 1. The van der Waals surface area contributed by atoms with Crippen molar-refractivity contribution >= 4 is 0 Å². The second kappa shape index (κ2) is 6.81. The Bertz CT molecular complexity index is 459. The van der Waals surface area contributed by atoms with Gasteiger partial charge < -0.3 is 10.0 Å². The van der Waals surface area contributed by atoms with E-state index in [1.165, 1.54) is 18.4 Å². The lowest BCUT2D eigenvalue weighted by Crippen LogP contribution is -2.44. The Hall–Kier alpha value is -1.04. The van der Waals surface area contributed by atoms with E-state index in [1.807, 2.05) is 6.20 Å². The Balaban J connectivity index is 1.46. The highest BCUT2D eigenvalue weighted by molar-refractivity contribution is 5.18. The fourth-order valence-electron chi connectivity index (χ4n) is 3.36. The molecule has 1 unspecified atom stereocenters. The lowest BCUT2D eigenvalue weighted by atomic mass is 9.99. The van der Waals surface area contributed by atoms with Crippen molar-refractivity contribution in [3.8, 4) is 0 Å². The Morgan fingerprint density at radius 1 is 1.24 bits per heavy atom. The average molecular weight is 290 g/mol. The molecule has 0 aromatic carbocycles. The van der Waals surface area contributed by atoms with Crippen molar-refractivity contribution in [2.24, 2.45) is 5.92 Å². The van der Waals surface area contributed by atoms with E-state index < -0.39 is 0 Å². The summed E-state index contributed by atoms with van der Waals surface area (Å²) < 4.78 is 0. The molecule has 0 saturated carbocycles. The SMILES string of the molecule is CC1CCN(CC(O)CN2CCc3cncnc3C2)CC1. The van der Waals surface area contributed by atoms with Crippen LogP contribution < -0.4 is 0 Å². The number of β-amino-alcohol motifs (C(OH)–C–C–N with tert-alkyl or cyclic N) is 1. The molecule has 1 aromatic rings. The van der Waals surface area contributed by atoms with Crippen LogP contribution in [0, 0.1) is 5.92 Å². The molecule has 1 aromatic heterocycles. The predicted molar refractivity (Wildman–Crippen MR) is 81.9 cm³/mol. The minimum absolute atomic E-state index is 0.262. The maximum Gasteiger partial charge on any atom is 0.115 e. The van der Waals surface area contributed by atoms with Gasteiger partial charge in [0, 0.05) is 32.4 Å². The molecule has 5 nitrogen and oxygen atoms in total. The lowest BCUT2D eigenvalue weighted by molar-refractivity contribution is 0.0571. The van der Waals surface area contributed by atoms with Crippen LogP contribution in [0.3, 0.4) is 0 Å². The second-order valence-corrected chi connectivity index (χ2v) is 6.62. The van der Waals surface area contributed by atoms with Crippen molar-refractivity contribution < 1.29 is 5.11 Å². The molecule has 3 heterocycles. The van der Waals surface area contributed by atoms with E-state index in [0.717, 1.165) is 57.3 Å². The van der Waals surface area contributed by atoms with Crippen LogP contribution in [0.5, 0.6) is 0 Å². The van der Waals surface area contributed by atoms with Crippen molar-refractivity contribution in [1.29, 1.82) is 0 Å². The molecule has 21 heavy (non-hydrogen) atoms. The van der Waals surface area contributed by atoms with E-state index in [9.17, 15) is 5.11 Å². The number of rotatable bonds is 4. The lowest BCUT2D eigenvalue weighted by Gasteiger charge is -2.34. The first-order valence-electron chi connectivity index (χ1n) is 8.11. The zero-order chi connectivity index (χ0) is 14.7. The summed E-state index contributed by atoms with van der Waals surface area (Å²) in [6.45, 7) is 7.97. The van der Waals surface area contributed by atoms with Crippen molar-refractivity contribution in [2.75, 3.05) is 32.7 Å². The van der Waals surface area contributed by atoms with Gasteiger partial charge in [-0.05, 0) is 43.8 Å². The van der Waals surface area contributed by atoms with Crippen LogP contribution in [0.1, 0.15) is 31.0 Å². The summed E-state index contributed by atoms with van der Waals surface area (Å²) in [6, 6.07) is 0. The number of piperidine rings is 1. The third-order valence-electron chi connectivity index (χ3n) is 4.77. The van der Waals surface area contributed by atoms with E-state index in [-0.39, 0.29) is 6.10 Å². The first-order chi connectivity index (χ1) is 10.2. The van der Waals surface area contributed by atoms with E-state index in [2.05, 4.69) is 26.7 Å². The minimum atomic E-state index is -0.262. The number of hydrogen-bond donors (Lipinski definition) is 1. The number of fused-ring (bicyclic) bond motifs is 1. The largest absolute Gasteiger partial charge is 0.390 e. The Morgan fingerprint density at radius 2 is 2.00 bits per heavy atom. The summed E-state index contributed by atoms with van der Waals surface area (Å²) in [6.07, 6.45) is 6.80. The highest BCUT2D eigenvalue weighted by atomic mass is 16.3. The van der Waals surface area contributed by atoms with Crippen molar-refractivity contribution in [2.45, 2.75) is 38.8 Å². The minimum Gasteiger partial charge on any atom is -0.390 e. The van der Waals surface area contributed by atoms with Crippen LogP contribution in [0.2, 0.25) is 0 Å². The molecule has 116 valence electrons. The molecule has 0 amide bonds. The first-order valence-corrected chi connectivity index (χ1v) is 8.11. The van der Waals surface area contributed by atoms with Gasteiger partial charge in [0.1, 0.15) is 6.33 Å². The standard InChI is InChI=1S/C16H26N4O/c1-13-2-5-19(6-3-13)9-15(21)10-20-7-4-14-8-17-12-18-16(14)11-20/h8,12-13,15,21H,2-7,9-11H2,1H3. The molecule has 0 spiro atoms. The van der Waals surface area contributed by atoms with Crippen LogP contribution in [-0.4, -0.2) is 63.7 Å². The van der Waals surface area contributed by atoms with E-state index in [0.29, 0.717) is 0 Å².